The molecule has 0 fully saturated rings. The molecule has 2 heteroatoms. The summed E-state index contributed by atoms with van der Waals surface area (Å²) in [6.07, 6.45) is 1.87. The second-order valence-corrected chi connectivity index (χ2v) is 3.91. The standard InChI is InChI=1S/C9H6N.Sn/c1-2-6-9-8(4-1)5-3-7-10-9;/h1-4,6-7H;. The molecule has 0 saturated carbocycles. The molecule has 1 aromatic heterocycles. The first kappa shape index (κ1) is 7.10. The Balaban J connectivity index is 2.91. The zero-order valence-corrected chi connectivity index (χ0v) is 8.77. The van der Waals surface area contributed by atoms with Crippen molar-refractivity contribution in [1.82, 2.24) is 4.98 Å². The van der Waals surface area contributed by atoms with Gasteiger partial charge in [0.1, 0.15) is 0 Å². The predicted octanol–water partition coefficient (Wildman–Crippen LogP) is 1.03. The number of pyridine rings is 1. The van der Waals surface area contributed by atoms with Crippen molar-refractivity contribution in [2.24, 2.45) is 0 Å². The first-order valence-corrected chi connectivity index (χ1v) is 4.86. The molecule has 1 aromatic carbocycles. The van der Waals surface area contributed by atoms with Gasteiger partial charge in [-0.3, -0.25) is 0 Å². The maximum atomic E-state index is 4.26. The molecule has 1 heterocycles. The molecule has 51 valence electrons. The van der Waals surface area contributed by atoms with Crippen molar-refractivity contribution >= 4 is 37.0 Å². The van der Waals surface area contributed by atoms with Gasteiger partial charge < -0.3 is 0 Å². The summed E-state index contributed by atoms with van der Waals surface area (Å²) < 4.78 is 1.38. The molecule has 0 saturated heterocycles. The third-order valence-corrected chi connectivity index (χ3v) is 2.89. The number of hydrogen-bond donors (Lipinski definition) is 0. The van der Waals surface area contributed by atoms with E-state index in [0.717, 1.165) is 5.52 Å². The van der Waals surface area contributed by atoms with Gasteiger partial charge in [-0.2, -0.15) is 0 Å². The maximum absolute atomic E-state index is 4.26. The summed E-state index contributed by atoms with van der Waals surface area (Å²) in [4.78, 5) is 4.26. The monoisotopic (exact) mass is 248 g/mol. The van der Waals surface area contributed by atoms with Crippen LogP contribution in [0.2, 0.25) is 0 Å². The van der Waals surface area contributed by atoms with Crippen molar-refractivity contribution in [3.63, 3.8) is 0 Å². The zero-order valence-electron chi connectivity index (χ0n) is 5.91. The van der Waals surface area contributed by atoms with E-state index in [1.165, 1.54) is 31.5 Å². The fourth-order valence-electron chi connectivity index (χ4n) is 1.10. The van der Waals surface area contributed by atoms with E-state index >= 15 is 0 Å². The number of benzene rings is 1. The predicted molar refractivity (Wildman–Crippen MR) is 47.1 cm³/mol. The van der Waals surface area contributed by atoms with Gasteiger partial charge in [0, 0.05) is 0 Å². The fraction of sp³-hybridized carbons (Fsp3) is 0. The second-order valence-electron chi connectivity index (χ2n) is 2.38. The van der Waals surface area contributed by atoms with Crippen LogP contribution in [0.5, 0.6) is 0 Å². The molecule has 0 atom stereocenters. The minimum absolute atomic E-state index is 1.10. The number of fused-ring (bicyclic) bond motifs is 1. The molecule has 3 radical (unpaired) electrons. The van der Waals surface area contributed by atoms with Crippen LogP contribution in [0.1, 0.15) is 0 Å². The van der Waals surface area contributed by atoms with Gasteiger partial charge in [-0.25, -0.2) is 0 Å². The molecular weight excluding hydrogens is 241 g/mol. The molecule has 0 spiro atoms. The summed E-state index contributed by atoms with van der Waals surface area (Å²) in [6, 6.07) is 10.3. The normalized spacial score (nSPS) is 10.3. The van der Waals surface area contributed by atoms with Crippen LogP contribution in [0.15, 0.2) is 36.5 Å². The average Bonchev–Trinajstić information content (AvgIpc) is 2.06. The van der Waals surface area contributed by atoms with Crippen LogP contribution in [0.4, 0.5) is 0 Å². The topological polar surface area (TPSA) is 12.9 Å². The molecule has 2 aromatic rings. The van der Waals surface area contributed by atoms with Crippen LogP contribution in [-0.4, -0.2) is 27.5 Å². The summed E-state index contributed by atoms with van der Waals surface area (Å²) in [6.45, 7) is 0. The molecule has 1 nitrogen and oxygen atoms in total. The number of hydrogen-bond acceptors (Lipinski definition) is 1. The van der Waals surface area contributed by atoms with Crippen molar-refractivity contribution in [3.05, 3.63) is 36.5 Å². The van der Waals surface area contributed by atoms with E-state index < -0.39 is 0 Å². The number of rotatable bonds is 0. The second kappa shape index (κ2) is 2.81. The number of nitrogens with zero attached hydrogens (tertiary/aromatic N) is 1. The Morgan fingerprint density at radius 2 is 1.91 bits per heavy atom. The SMILES string of the molecule is [Sn][c]1ccnc2ccccc12. The molecule has 2 rings (SSSR count). The Hall–Kier alpha value is -0.571. The first-order valence-electron chi connectivity index (χ1n) is 3.43. The molecule has 0 bridgehead atoms. The van der Waals surface area contributed by atoms with Crippen molar-refractivity contribution < 1.29 is 0 Å². The Morgan fingerprint density at radius 1 is 1.09 bits per heavy atom. The van der Waals surface area contributed by atoms with Crippen molar-refractivity contribution in [1.29, 1.82) is 0 Å². The molecule has 11 heavy (non-hydrogen) atoms. The average molecular weight is 247 g/mol. The van der Waals surface area contributed by atoms with Crippen molar-refractivity contribution in [3.8, 4) is 0 Å². The van der Waals surface area contributed by atoms with Crippen LogP contribution < -0.4 is 3.58 Å². The van der Waals surface area contributed by atoms with Crippen LogP contribution in [-0.2, 0) is 0 Å². The quantitative estimate of drug-likeness (QED) is 0.633. The van der Waals surface area contributed by atoms with E-state index in [1.807, 2.05) is 18.3 Å². The molecule has 0 amide bonds. The van der Waals surface area contributed by atoms with E-state index in [4.69, 9.17) is 0 Å². The van der Waals surface area contributed by atoms with E-state index in [-0.39, 0.29) is 0 Å². The van der Waals surface area contributed by atoms with E-state index in [2.05, 4.69) is 23.2 Å². The van der Waals surface area contributed by atoms with Gasteiger partial charge in [-0.05, 0) is 0 Å². The van der Waals surface area contributed by atoms with Gasteiger partial charge in [-0.15, -0.1) is 0 Å². The zero-order chi connectivity index (χ0) is 7.68. The Labute approximate surface area is 78.5 Å². The minimum atomic E-state index is 1.10. The molecule has 0 unspecified atom stereocenters. The van der Waals surface area contributed by atoms with E-state index in [9.17, 15) is 0 Å². The Bertz CT molecular complexity index is 379. The fourth-order valence-corrected chi connectivity index (χ4v) is 1.91. The van der Waals surface area contributed by atoms with Gasteiger partial charge in [-0.1, -0.05) is 0 Å². The summed E-state index contributed by atoms with van der Waals surface area (Å²) in [5.74, 6) is 0. The first-order chi connectivity index (χ1) is 5.38. The van der Waals surface area contributed by atoms with E-state index in [1.54, 1.807) is 0 Å². The molecule has 0 N–H and O–H groups in total. The number of para-hydroxylation sites is 1. The third kappa shape index (κ3) is 1.25. The molecular formula is C9H6NSn. The Morgan fingerprint density at radius 3 is 2.73 bits per heavy atom. The van der Waals surface area contributed by atoms with Crippen LogP contribution in [0.25, 0.3) is 10.9 Å². The molecule has 0 aliphatic carbocycles. The van der Waals surface area contributed by atoms with Gasteiger partial charge >= 0.3 is 78.5 Å². The van der Waals surface area contributed by atoms with Crippen LogP contribution in [0.3, 0.4) is 0 Å². The summed E-state index contributed by atoms with van der Waals surface area (Å²) in [7, 11) is 0. The van der Waals surface area contributed by atoms with Crippen molar-refractivity contribution in [2.75, 3.05) is 0 Å². The molecule has 0 aliphatic rings. The Kier molecular flexibility index (Phi) is 1.82. The van der Waals surface area contributed by atoms with Crippen LogP contribution in [0, 0.1) is 0 Å². The van der Waals surface area contributed by atoms with Crippen molar-refractivity contribution in [2.45, 2.75) is 0 Å². The van der Waals surface area contributed by atoms with Crippen LogP contribution >= 0.6 is 0 Å². The third-order valence-electron chi connectivity index (χ3n) is 1.65. The van der Waals surface area contributed by atoms with Gasteiger partial charge in [0.15, 0.2) is 0 Å². The summed E-state index contributed by atoms with van der Waals surface area (Å²) in [5, 5.41) is 1.29. The van der Waals surface area contributed by atoms with Gasteiger partial charge in [0.05, 0.1) is 0 Å². The summed E-state index contributed by atoms with van der Waals surface area (Å²) in [5.41, 5.74) is 1.10. The van der Waals surface area contributed by atoms with Gasteiger partial charge in [0.2, 0.25) is 0 Å². The number of aromatic nitrogens is 1. The summed E-state index contributed by atoms with van der Waals surface area (Å²) >= 11 is 1.45. The van der Waals surface area contributed by atoms with Gasteiger partial charge in [0.25, 0.3) is 0 Å². The molecule has 0 aliphatic heterocycles. The van der Waals surface area contributed by atoms with E-state index in [0.29, 0.717) is 0 Å².